The van der Waals surface area contributed by atoms with Crippen molar-refractivity contribution in [2.45, 2.75) is 51.4 Å². The lowest BCUT2D eigenvalue weighted by Gasteiger charge is -2.09. The second-order valence-electron chi connectivity index (χ2n) is 3.94. The molecule has 0 heterocycles. The number of unbranched alkanes of at least 4 members (excludes halogenated alkanes) is 7. The molecule has 8 heteroatoms. The van der Waals surface area contributed by atoms with Crippen LogP contribution in [0.25, 0.3) is 0 Å². The molecule has 0 radical (unpaired) electrons. The summed E-state index contributed by atoms with van der Waals surface area (Å²) in [6, 6.07) is 0. The van der Waals surface area contributed by atoms with Crippen molar-refractivity contribution in [1.82, 2.24) is 0 Å². The SMILES string of the molecule is O=P(OCl)(OCl)OCCCCCCCCCCBr. The highest BCUT2D eigenvalue weighted by molar-refractivity contribution is 9.09. The molecular formula is C10H20BrCl2O4P. The molecule has 0 aliphatic rings. The van der Waals surface area contributed by atoms with Gasteiger partial charge >= 0.3 is 7.82 Å². The van der Waals surface area contributed by atoms with Gasteiger partial charge < -0.3 is 0 Å². The van der Waals surface area contributed by atoms with E-state index in [0.29, 0.717) is 0 Å². The van der Waals surface area contributed by atoms with E-state index in [2.05, 4.69) is 24.1 Å². The van der Waals surface area contributed by atoms with Gasteiger partial charge in [0.1, 0.15) is 0 Å². The minimum atomic E-state index is -3.73. The summed E-state index contributed by atoms with van der Waals surface area (Å²) in [5.74, 6) is 0. The number of halogens is 3. The van der Waals surface area contributed by atoms with Crippen molar-refractivity contribution < 1.29 is 17.2 Å². The highest BCUT2D eigenvalue weighted by Gasteiger charge is 2.26. The maximum atomic E-state index is 11.3. The Balaban J connectivity index is 3.23. The Morgan fingerprint density at radius 1 is 0.833 bits per heavy atom. The van der Waals surface area contributed by atoms with E-state index in [9.17, 15) is 4.57 Å². The zero-order chi connectivity index (χ0) is 13.7. The first-order valence-electron chi connectivity index (χ1n) is 6.09. The van der Waals surface area contributed by atoms with Crippen LogP contribution in [0.1, 0.15) is 51.4 Å². The van der Waals surface area contributed by atoms with Gasteiger partial charge in [-0.05, 0) is 12.8 Å². The Labute approximate surface area is 128 Å². The van der Waals surface area contributed by atoms with Crippen LogP contribution in [0.3, 0.4) is 0 Å². The summed E-state index contributed by atoms with van der Waals surface area (Å²) in [6.45, 7) is 0.264. The molecule has 0 saturated carbocycles. The summed E-state index contributed by atoms with van der Waals surface area (Å²) in [6.07, 6.45) is 9.26. The number of alkyl halides is 1. The summed E-state index contributed by atoms with van der Waals surface area (Å²) in [5.41, 5.74) is 0. The molecule has 0 amide bonds. The molecule has 0 bridgehead atoms. The molecule has 0 spiro atoms. The van der Waals surface area contributed by atoms with Gasteiger partial charge in [0, 0.05) is 5.33 Å². The van der Waals surface area contributed by atoms with Crippen LogP contribution in [0.2, 0.25) is 0 Å². The van der Waals surface area contributed by atoms with E-state index in [4.69, 9.17) is 28.3 Å². The molecule has 18 heavy (non-hydrogen) atoms. The predicted molar refractivity (Wildman–Crippen MR) is 78.2 cm³/mol. The van der Waals surface area contributed by atoms with E-state index in [1.54, 1.807) is 0 Å². The topological polar surface area (TPSA) is 44.8 Å². The van der Waals surface area contributed by atoms with Crippen LogP contribution < -0.4 is 0 Å². The number of hydrogen-bond donors (Lipinski definition) is 0. The van der Waals surface area contributed by atoms with Crippen molar-refractivity contribution in [3.8, 4) is 0 Å². The molecule has 110 valence electrons. The molecule has 0 rings (SSSR count). The summed E-state index contributed by atoms with van der Waals surface area (Å²) in [7, 11) is -3.73. The predicted octanol–water partition coefficient (Wildman–Crippen LogP) is 5.97. The molecule has 0 aliphatic carbocycles. The van der Waals surface area contributed by atoms with Gasteiger partial charge in [0.15, 0.2) is 0 Å². The molecule has 0 aromatic carbocycles. The average Bonchev–Trinajstić information content (AvgIpc) is 2.40. The zero-order valence-corrected chi connectivity index (χ0v) is 14.3. The molecule has 0 aromatic rings. The Hall–Kier alpha value is 1.17. The van der Waals surface area contributed by atoms with Crippen LogP contribution in [0.4, 0.5) is 0 Å². The van der Waals surface area contributed by atoms with Crippen molar-refractivity contribution in [1.29, 1.82) is 0 Å². The van der Waals surface area contributed by atoms with Gasteiger partial charge in [0.2, 0.25) is 0 Å². The fraction of sp³-hybridized carbons (Fsp3) is 1.00. The second kappa shape index (κ2) is 13.2. The summed E-state index contributed by atoms with van der Waals surface area (Å²) in [4.78, 5) is 0. The Morgan fingerprint density at radius 3 is 1.72 bits per heavy atom. The summed E-state index contributed by atoms with van der Waals surface area (Å²) in [5, 5.41) is 1.09. The molecule has 4 nitrogen and oxygen atoms in total. The molecule has 0 aliphatic heterocycles. The molecule has 0 atom stereocenters. The van der Waals surface area contributed by atoms with Gasteiger partial charge in [0.05, 0.1) is 30.3 Å². The van der Waals surface area contributed by atoms with Gasteiger partial charge in [0.25, 0.3) is 0 Å². The quantitative estimate of drug-likeness (QED) is 0.222. The highest BCUT2D eigenvalue weighted by Crippen LogP contribution is 2.51. The number of hydrogen-bond acceptors (Lipinski definition) is 4. The molecular weight excluding hydrogens is 366 g/mol. The third kappa shape index (κ3) is 11.0. The van der Waals surface area contributed by atoms with Crippen LogP contribution >= 0.6 is 47.5 Å². The molecule has 0 N–H and O–H groups in total. The van der Waals surface area contributed by atoms with E-state index >= 15 is 0 Å². The average molecular weight is 386 g/mol. The second-order valence-corrected chi connectivity index (χ2v) is 6.99. The van der Waals surface area contributed by atoms with Crippen molar-refractivity contribution in [3.05, 3.63) is 0 Å². The monoisotopic (exact) mass is 384 g/mol. The normalized spacial score (nSPS) is 11.9. The fourth-order valence-electron chi connectivity index (χ4n) is 1.48. The van der Waals surface area contributed by atoms with Gasteiger partial charge in [-0.3, -0.25) is 4.52 Å². The first-order valence-corrected chi connectivity index (χ1v) is 9.29. The zero-order valence-electron chi connectivity index (χ0n) is 10.3. The lowest BCUT2D eigenvalue weighted by Crippen LogP contribution is -1.94. The van der Waals surface area contributed by atoms with Gasteiger partial charge in [-0.2, -0.15) is 8.15 Å². The number of rotatable bonds is 13. The van der Waals surface area contributed by atoms with Gasteiger partial charge in [-0.25, -0.2) is 4.57 Å². The van der Waals surface area contributed by atoms with E-state index in [0.717, 1.165) is 24.6 Å². The van der Waals surface area contributed by atoms with E-state index in [1.165, 1.54) is 32.1 Å². The third-order valence-electron chi connectivity index (χ3n) is 2.45. The van der Waals surface area contributed by atoms with E-state index in [1.807, 2.05) is 0 Å². The van der Waals surface area contributed by atoms with Crippen LogP contribution in [-0.4, -0.2) is 11.9 Å². The summed E-state index contributed by atoms with van der Waals surface area (Å²) < 4.78 is 24.1. The molecule has 0 fully saturated rings. The van der Waals surface area contributed by atoms with Crippen LogP contribution in [-0.2, 0) is 17.2 Å². The smallest absolute Gasteiger partial charge is 0.285 e. The van der Waals surface area contributed by atoms with E-state index < -0.39 is 7.82 Å². The lowest BCUT2D eigenvalue weighted by molar-refractivity contribution is 0.214. The minimum Gasteiger partial charge on any atom is -0.285 e. The molecule has 0 saturated heterocycles. The Kier molecular flexibility index (Phi) is 14.0. The van der Waals surface area contributed by atoms with Crippen molar-refractivity contribution in [2.24, 2.45) is 0 Å². The van der Waals surface area contributed by atoms with Crippen LogP contribution in [0.15, 0.2) is 0 Å². The van der Waals surface area contributed by atoms with Crippen molar-refractivity contribution in [3.63, 3.8) is 0 Å². The van der Waals surface area contributed by atoms with Crippen molar-refractivity contribution in [2.75, 3.05) is 11.9 Å². The first-order chi connectivity index (χ1) is 8.68. The third-order valence-corrected chi connectivity index (χ3v) is 4.86. The fourth-order valence-corrected chi connectivity index (χ4v) is 2.83. The highest BCUT2D eigenvalue weighted by atomic mass is 79.9. The maximum absolute atomic E-state index is 11.3. The van der Waals surface area contributed by atoms with Gasteiger partial charge in [-0.15, -0.1) is 0 Å². The van der Waals surface area contributed by atoms with Gasteiger partial charge in [-0.1, -0.05) is 54.5 Å². The largest absolute Gasteiger partial charge is 0.507 e. The lowest BCUT2D eigenvalue weighted by atomic mass is 10.1. The van der Waals surface area contributed by atoms with E-state index in [-0.39, 0.29) is 6.61 Å². The Morgan fingerprint density at radius 2 is 1.28 bits per heavy atom. The maximum Gasteiger partial charge on any atom is 0.507 e. The first kappa shape index (κ1) is 19.2. The minimum absolute atomic E-state index is 0.264. The summed E-state index contributed by atoms with van der Waals surface area (Å²) >= 11 is 13.3. The molecule has 0 aromatic heterocycles. The van der Waals surface area contributed by atoms with Crippen LogP contribution in [0.5, 0.6) is 0 Å². The standard InChI is InChI=1S/C10H20BrCl2O4P/c11-9-7-5-3-1-2-4-6-8-10-15-18(14,16-12)17-13/h1-10H2. The Bertz CT molecular complexity index is 226. The van der Waals surface area contributed by atoms with Crippen molar-refractivity contribution >= 4 is 47.5 Å². The van der Waals surface area contributed by atoms with Crippen LogP contribution in [0, 0.1) is 0 Å². The molecule has 0 unspecified atom stereocenters. The number of phosphoric acid groups is 1.